The van der Waals surface area contributed by atoms with E-state index in [0.29, 0.717) is 15.7 Å². The average molecular weight is 435 g/mol. The lowest BCUT2D eigenvalue weighted by Gasteiger charge is -2.13. The highest BCUT2D eigenvalue weighted by Gasteiger charge is 2.19. The molecule has 0 saturated heterocycles. The van der Waals surface area contributed by atoms with E-state index in [1.807, 2.05) is 19.1 Å². The van der Waals surface area contributed by atoms with E-state index in [9.17, 15) is 8.42 Å². The van der Waals surface area contributed by atoms with Gasteiger partial charge in [-0.2, -0.15) is 0 Å². The molecule has 4 nitrogen and oxygen atoms in total. The highest BCUT2D eigenvalue weighted by atomic mass is 79.9. The van der Waals surface area contributed by atoms with Gasteiger partial charge in [-0.25, -0.2) is 8.42 Å². The minimum absolute atomic E-state index is 0.0911. The molecule has 0 aromatic heterocycles. The number of nitrogens with one attached hydrogen (secondary N) is 1. The first kappa shape index (κ1) is 16.5. The minimum Gasteiger partial charge on any atom is -0.392 e. The Morgan fingerprint density at radius 3 is 2.52 bits per heavy atom. The fourth-order valence-corrected chi connectivity index (χ4v) is 4.25. The van der Waals surface area contributed by atoms with Crippen LogP contribution in [0.1, 0.15) is 11.1 Å². The molecule has 0 fully saturated rings. The van der Waals surface area contributed by atoms with Crippen molar-refractivity contribution < 1.29 is 13.5 Å². The third kappa shape index (κ3) is 3.85. The summed E-state index contributed by atoms with van der Waals surface area (Å²) >= 11 is 6.55. The maximum atomic E-state index is 12.5. The Kier molecular flexibility index (Phi) is 5.08. The largest absolute Gasteiger partial charge is 0.392 e. The van der Waals surface area contributed by atoms with E-state index in [-0.39, 0.29) is 11.5 Å². The topological polar surface area (TPSA) is 66.4 Å². The van der Waals surface area contributed by atoms with Crippen LogP contribution >= 0.6 is 31.9 Å². The molecule has 2 aromatic carbocycles. The van der Waals surface area contributed by atoms with E-state index in [1.54, 1.807) is 18.2 Å². The van der Waals surface area contributed by atoms with Crippen LogP contribution in [-0.4, -0.2) is 13.5 Å². The highest BCUT2D eigenvalue weighted by Crippen LogP contribution is 2.28. The smallest absolute Gasteiger partial charge is 0.263 e. The Morgan fingerprint density at radius 2 is 1.86 bits per heavy atom. The predicted molar refractivity (Wildman–Crippen MR) is 89.8 cm³/mol. The van der Waals surface area contributed by atoms with Crippen LogP contribution in [0.4, 0.5) is 5.69 Å². The van der Waals surface area contributed by atoms with E-state index in [2.05, 4.69) is 36.6 Å². The molecule has 0 aliphatic carbocycles. The molecule has 0 spiro atoms. The van der Waals surface area contributed by atoms with E-state index in [1.165, 1.54) is 6.07 Å². The van der Waals surface area contributed by atoms with Crippen LogP contribution in [0.15, 0.2) is 50.2 Å². The first-order chi connectivity index (χ1) is 9.83. The number of anilines is 1. The van der Waals surface area contributed by atoms with Crippen LogP contribution in [-0.2, 0) is 16.6 Å². The Balaban J connectivity index is 2.45. The lowest BCUT2D eigenvalue weighted by atomic mass is 10.2. The van der Waals surface area contributed by atoms with Crippen molar-refractivity contribution in [3.05, 3.63) is 56.5 Å². The van der Waals surface area contributed by atoms with Gasteiger partial charge in [0.25, 0.3) is 10.0 Å². The first-order valence-electron chi connectivity index (χ1n) is 6.02. The standard InChI is InChI=1S/C14H13Br2NO3S/c1-9-2-4-11(15)7-13(9)17-21(19,20)14-6-10(8-18)3-5-12(14)16/h2-7,17-18H,8H2,1H3. The second-order valence-corrected chi connectivity index (χ2v) is 7.91. The lowest BCUT2D eigenvalue weighted by molar-refractivity contribution is 0.281. The molecule has 2 N–H and O–H groups in total. The fraction of sp³-hybridized carbons (Fsp3) is 0.143. The maximum absolute atomic E-state index is 12.5. The highest BCUT2D eigenvalue weighted by molar-refractivity contribution is 9.10. The average Bonchev–Trinajstić information content (AvgIpc) is 2.43. The van der Waals surface area contributed by atoms with Gasteiger partial charge in [0.1, 0.15) is 4.90 Å². The molecule has 0 aliphatic rings. The lowest BCUT2D eigenvalue weighted by Crippen LogP contribution is -2.14. The molecule has 2 rings (SSSR count). The Bertz CT molecular complexity index is 776. The number of aryl methyl sites for hydroxylation is 1. The summed E-state index contributed by atoms with van der Waals surface area (Å²) in [5, 5.41) is 9.15. The quantitative estimate of drug-likeness (QED) is 0.768. The summed E-state index contributed by atoms with van der Waals surface area (Å²) in [7, 11) is -3.74. The second kappa shape index (κ2) is 6.48. The molecular weight excluding hydrogens is 422 g/mol. The van der Waals surface area contributed by atoms with Gasteiger partial charge in [0.2, 0.25) is 0 Å². The molecule has 2 aromatic rings. The van der Waals surface area contributed by atoms with Gasteiger partial charge >= 0.3 is 0 Å². The first-order valence-corrected chi connectivity index (χ1v) is 9.08. The number of aliphatic hydroxyl groups excluding tert-OH is 1. The van der Waals surface area contributed by atoms with Crippen molar-refractivity contribution >= 4 is 47.6 Å². The summed E-state index contributed by atoms with van der Waals surface area (Å²) in [5.41, 5.74) is 1.85. The van der Waals surface area contributed by atoms with Crippen molar-refractivity contribution in [2.24, 2.45) is 0 Å². The molecule has 0 heterocycles. The van der Waals surface area contributed by atoms with Gasteiger partial charge in [0.05, 0.1) is 12.3 Å². The van der Waals surface area contributed by atoms with E-state index >= 15 is 0 Å². The number of benzene rings is 2. The maximum Gasteiger partial charge on any atom is 0.263 e. The number of hydrogen-bond donors (Lipinski definition) is 2. The van der Waals surface area contributed by atoms with Crippen LogP contribution in [0.5, 0.6) is 0 Å². The van der Waals surface area contributed by atoms with Crippen LogP contribution in [0.25, 0.3) is 0 Å². The zero-order valence-corrected chi connectivity index (χ0v) is 15.1. The van der Waals surface area contributed by atoms with Gasteiger partial charge in [-0.05, 0) is 58.2 Å². The third-order valence-electron chi connectivity index (χ3n) is 2.91. The van der Waals surface area contributed by atoms with Crippen molar-refractivity contribution in [3.8, 4) is 0 Å². The predicted octanol–water partition coefficient (Wildman–Crippen LogP) is 3.81. The van der Waals surface area contributed by atoms with Crippen molar-refractivity contribution in [1.82, 2.24) is 0 Å². The summed E-state index contributed by atoms with van der Waals surface area (Å²) < 4.78 is 28.8. The van der Waals surface area contributed by atoms with Gasteiger partial charge in [-0.3, -0.25) is 4.72 Å². The molecule has 0 bridgehead atoms. The second-order valence-electron chi connectivity index (χ2n) is 4.49. The zero-order valence-electron chi connectivity index (χ0n) is 11.1. The van der Waals surface area contributed by atoms with Gasteiger partial charge in [-0.15, -0.1) is 0 Å². The molecule has 112 valence electrons. The van der Waals surface area contributed by atoms with Gasteiger partial charge in [-0.1, -0.05) is 28.1 Å². The van der Waals surface area contributed by atoms with Crippen LogP contribution in [0.2, 0.25) is 0 Å². The van der Waals surface area contributed by atoms with Crippen LogP contribution < -0.4 is 4.72 Å². The summed E-state index contributed by atoms with van der Waals surface area (Å²) in [5.74, 6) is 0. The Morgan fingerprint density at radius 1 is 1.14 bits per heavy atom. The fourth-order valence-electron chi connectivity index (χ4n) is 1.76. The molecule has 0 amide bonds. The van der Waals surface area contributed by atoms with Crippen LogP contribution in [0, 0.1) is 6.92 Å². The molecule has 21 heavy (non-hydrogen) atoms. The summed E-state index contributed by atoms with van der Waals surface area (Å²) in [6, 6.07) is 10.1. The van der Waals surface area contributed by atoms with Crippen molar-refractivity contribution in [2.45, 2.75) is 18.4 Å². The number of aliphatic hydroxyl groups is 1. The normalized spacial score (nSPS) is 11.4. The SMILES string of the molecule is Cc1ccc(Br)cc1NS(=O)(=O)c1cc(CO)ccc1Br. The van der Waals surface area contributed by atoms with E-state index in [4.69, 9.17) is 5.11 Å². The molecule has 0 unspecified atom stereocenters. The molecular formula is C14H13Br2NO3S. The molecule has 0 saturated carbocycles. The third-order valence-corrected chi connectivity index (χ3v) is 5.76. The van der Waals surface area contributed by atoms with Crippen LogP contribution in [0.3, 0.4) is 0 Å². The van der Waals surface area contributed by atoms with Crippen molar-refractivity contribution in [1.29, 1.82) is 0 Å². The number of sulfonamides is 1. The number of hydrogen-bond acceptors (Lipinski definition) is 3. The monoisotopic (exact) mass is 433 g/mol. The van der Waals surface area contributed by atoms with Crippen molar-refractivity contribution in [2.75, 3.05) is 4.72 Å². The van der Waals surface area contributed by atoms with Gasteiger partial charge in [0, 0.05) is 8.95 Å². The van der Waals surface area contributed by atoms with E-state index < -0.39 is 10.0 Å². The van der Waals surface area contributed by atoms with Gasteiger partial charge < -0.3 is 5.11 Å². The summed E-state index contributed by atoms with van der Waals surface area (Å²) in [6.45, 7) is 1.61. The van der Waals surface area contributed by atoms with E-state index in [0.717, 1.165) is 10.0 Å². The summed E-state index contributed by atoms with van der Waals surface area (Å²) in [4.78, 5) is 0.0911. The number of halogens is 2. The zero-order chi connectivity index (χ0) is 15.6. The molecule has 0 atom stereocenters. The van der Waals surface area contributed by atoms with Gasteiger partial charge in [0.15, 0.2) is 0 Å². The minimum atomic E-state index is -3.74. The number of rotatable bonds is 4. The molecule has 0 radical (unpaired) electrons. The molecule has 0 aliphatic heterocycles. The Hall–Kier alpha value is -0.890. The summed E-state index contributed by atoms with van der Waals surface area (Å²) in [6.07, 6.45) is 0. The van der Waals surface area contributed by atoms with Crippen molar-refractivity contribution in [3.63, 3.8) is 0 Å². The Labute approximate surface area is 140 Å². The molecule has 7 heteroatoms.